The van der Waals surface area contributed by atoms with E-state index in [1.54, 1.807) is 28.8 Å². The number of urea groups is 1. The first kappa shape index (κ1) is 29.7. The number of nitrogens with two attached hydrogens (primary N) is 1. The van der Waals surface area contributed by atoms with Crippen LogP contribution >= 0.6 is 0 Å². The number of morpholine rings is 1. The maximum absolute atomic E-state index is 13.7. The van der Waals surface area contributed by atoms with Gasteiger partial charge in [-0.2, -0.15) is 18.3 Å². The van der Waals surface area contributed by atoms with E-state index in [9.17, 15) is 22.8 Å². The lowest BCUT2D eigenvalue weighted by molar-refractivity contribution is -0.137. The number of hydrogen-bond donors (Lipinski definition) is 3. The summed E-state index contributed by atoms with van der Waals surface area (Å²) in [5.41, 5.74) is 8.08. The van der Waals surface area contributed by atoms with Gasteiger partial charge in [0.05, 0.1) is 37.1 Å². The predicted molar refractivity (Wildman–Crippen MR) is 150 cm³/mol. The third kappa shape index (κ3) is 6.35. The summed E-state index contributed by atoms with van der Waals surface area (Å²) < 4.78 is 46.1. The molecule has 226 valence electrons. The molecule has 5 rings (SSSR count). The number of ether oxygens (including phenoxy) is 1. The second-order valence-corrected chi connectivity index (χ2v) is 9.56. The topological polar surface area (TPSA) is 152 Å². The van der Waals surface area contributed by atoms with Gasteiger partial charge in [-0.15, -0.1) is 0 Å². The van der Waals surface area contributed by atoms with Crippen LogP contribution < -0.4 is 16.4 Å². The van der Waals surface area contributed by atoms with Crippen molar-refractivity contribution in [1.29, 1.82) is 0 Å². The van der Waals surface area contributed by atoms with Gasteiger partial charge in [-0.25, -0.2) is 24.3 Å². The van der Waals surface area contributed by atoms with Crippen LogP contribution in [-0.2, 0) is 22.3 Å². The van der Waals surface area contributed by atoms with Crippen LogP contribution in [0.3, 0.4) is 0 Å². The molecular weight excluding hydrogens is 571 g/mol. The SMILES string of the molecule is CON(C)C(=O)c1c(-c2ccc(NC(=O)Nc3cc(C(F)(F)F)ccn3)cc2)c2c(N)ncnn2c1CN1CCOCC1. The highest BCUT2D eigenvalue weighted by molar-refractivity contribution is 6.08. The number of halogens is 3. The summed E-state index contributed by atoms with van der Waals surface area (Å²) in [5.74, 6) is -0.541. The number of nitrogen functional groups attached to an aromatic ring is 1. The molecule has 4 heterocycles. The normalized spacial score (nSPS) is 14.1. The Bertz CT molecular complexity index is 1640. The maximum atomic E-state index is 13.7. The lowest BCUT2D eigenvalue weighted by Gasteiger charge is -2.27. The zero-order valence-corrected chi connectivity index (χ0v) is 23.2. The van der Waals surface area contributed by atoms with Crippen molar-refractivity contribution >= 4 is 34.8 Å². The number of anilines is 3. The number of carbonyl (C=O) groups excluding carboxylic acids is 2. The van der Waals surface area contributed by atoms with Gasteiger partial charge < -0.3 is 15.8 Å². The Balaban J connectivity index is 1.48. The lowest BCUT2D eigenvalue weighted by Crippen LogP contribution is -2.37. The molecule has 1 saturated heterocycles. The number of pyridine rings is 1. The van der Waals surface area contributed by atoms with E-state index in [0.717, 1.165) is 23.4 Å². The van der Waals surface area contributed by atoms with Crippen molar-refractivity contribution in [3.8, 4) is 11.1 Å². The van der Waals surface area contributed by atoms with Crippen LogP contribution in [0.25, 0.3) is 16.6 Å². The molecule has 1 aliphatic heterocycles. The Labute approximate surface area is 243 Å². The van der Waals surface area contributed by atoms with E-state index in [4.69, 9.17) is 15.3 Å². The van der Waals surface area contributed by atoms with Gasteiger partial charge in [0.1, 0.15) is 17.7 Å². The zero-order chi connectivity index (χ0) is 30.7. The number of benzene rings is 1. The molecule has 4 N–H and O–H groups in total. The van der Waals surface area contributed by atoms with E-state index < -0.39 is 23.7 Å². The molecule has 13 nitrogen and oxygen atoms in total. The van der Waals surface area contributed by atoms with Crippen LogP contribution in [0.15, 0.2) is 48.9 Å². The first-order valence-corrected chi connectivity index (χ1v) is 13.0. The molecule has 1 aliphatic rings. The maximum Gasteiger partial charge on any atom is 0.416 e. The minimum Gasteiger partial charge on any atom is -0.382 e. The van der Waals surface area contributed by atoms with Gasteiger partial charge in [0.2, 0.25) is 0 Å². The Morgan fingerprint density at radius 3 is 2.51 bits per heavy atom. The molecule has 0 saturated carbocycles. The molecular formula is C27H28F3N9O4. The van der Waals surface area contributed by atoms with Gasteiger partial charge in [-0.1, -0.05) is 12.1 Å². The second-order valence-electron chi connectivity index (χ2n) is 9.56. The minimum atomic E-state index is -4.58. The summed E-state index contributed by atoms with van der Waals surface area (Å²) in [5, 5.41) is 10.4. The van der Waals surface area contributed by atoms with E-state index in [-0.39, 0.29) is 11.6 Å². The van der Waals surface area contributed by atoms with Crippen molar-refractivity contribution in [1.82, 2.24) is 29.5 Å². The second kappa shape index (κ2) is 12.2. The first-order valence-electron chi connectivity index (χ1n) is 13.0. The van der Waals surface area contributed by atoms with Gasteiger partial charge in [-0.3, -0.25) is 19.8 Å². The van der Waals surface area contributed by atoms with Crippen molar-refractivity contribution < 1.29 is 32.3 Å². The average molecular weight is 600 g/mol. The molecule has 4 aromatic rings. The monoisotopic (exact) mass is 599 g/mol. The zero-order valence-electron chi connectivity index (χ0n) is 23.2. The molecule has 0 spiro atoms. The standard InChI is InChI=1S/C27H28F3N9O4/c1-37(42-2)25(40)22-19(14-38-9-11-43-12-10-38)39-23(24(31)33-15-34-39)21(22)16-3-5-18(6-4-16)35-26(41)36-20-13-17(7-8-32-20)27(28,29)30/h3-8,13,15H,9-12,14H2,1-2H3,(H2,31,33,34)(H2,32,35,36,41). The van der Waals surface area contributed by atoms with Crippen LogP contribution in [0.2, 0.25) is 0 Å². The average Bonchev–Trinajstić information content (AvgIpc) is 3.31. The van der Waals surface area contributed by atoms with Crippen molar-refractivity contribution in [3.05, 3.63) is 65.7 Å². The van der Waals surface area contributed by atoms with Gasteiger partial charge in [-0.05, 0) is 29.8 Å². The van der Waals surface area contributed by atoms with Gasteiger partial charge >= 0.3 is 12.2 Å². The predicted octanol–water partition coefficient (Wildman–Crippen LogP) is 3.50. The quantitative estimate of drug-likeness (QED) is 0.271. The Kier molecular flexibility index (Phi) is 8.43. The third-order valence-corrected chi connectivity index (χ3v) is 6.86. The summed E-state index contributed by atoms with van der Waals surface area (Å²) in [6.07, 6.45) is -2.31. The van der Waals surface area contributed by atoms with Crippen molar-refractivity contribution in [2.75, 3.05) is 56.8 Å². The summed E-state index contributed by atoms with van der Waals surface area (Å²) >= 11 is 0. The van der Waals surface area contributed by atoms with Crippen molar-refractivity contribution in [3.63, 3.8) is 0 Å². The number of alkyl halides is 3. The summed E-state index contributed by atoms with van der Waals surface area (Å²) in [6.45, 7) is 2.81. The highest BCUT2D eigenvalue weighted by Gasteiger charge is 2.32. The van der Waals surface area contributed by atoms with Crippen LogP contribution in [0, 0.1) is 0 Å². The van der Waals surface area contributed by atoms with E-state index in [1.807, 2.05) is 0 Å². The van der Waals surface area contributed by atoms with E-state index >= 15 is 0 Å². The summed E-state index contributed by atoms with van der Waals surface area (Å²) in [6, 6.07) is 7.24. The first-order chi connectivity index (χ1) is 20.6. The van der Waals surface area contributed by atoms with E-state index in [2.05, 4.69) is 30.6 Å². The molecule has 3 amide bonds. The van der Waals surface area contributed by atoms with Gasteiger partial charge in [0.15, 0.2) is 5.82 Å². The number of hydrogen-bond acceptors (Lipinski definition) is 9. The molecule has 0 radical (unpaired) electrons. The molecule has 43 heavy (non-hydrogen) atoms. The fourth-order valence-corrected chi connectivity index (χ4v) is 4.72. The van der Waals surface area contributed by atoms with Crippen LogP contribution in [0.4, 0.5) is 35.3 Å². The number of rotatable bonds is 7. The van der Waals surface area contributed by atoms with E-state index in [1.165, 1.54) is 20.5 Å². The minimum absolute atomic E-state index is 0.155. The lowest BCUT2D eigenvalue weighted by atomic mass is 9.99. The number of nitrogens with zero attached hydrogens (tertiary/aromatic N) is 6. The van der Waals surface area contributed by atoms with E-state index in [0.29, 0.717) is 66.4 Å². The molecule has 3 aromatic heterocycles. The van der Waals surface area contributed by atoms with Crippen LogP contribution in [0.1, 0.15) is 21.6 Å². The largest absolute Gasteiger partial charge is 0.416 e. The summed E-state index contributed by atoms with van der Waals surface area (Å²) in [7, 11) is 2.87. The number of aromatic nitrogens is 4. The highest BCUT2D eigenvalue weighted by atomic mass is 19.4. The smallest absolute Gasteiger partial charge is 0.382 e. The Hall–Kier alpha value is -4.80. The molecule has 1 aromatic carbocycles. The molecule has 0 bridgehead atoms. The Morgan fingerprint density at radius 2 is 1.84 bits per heavy atom. The molecule has 0 atom stereocenters. The highest BCUT2D eigenvalue weighted by Crippen LogP contribution is 2.37. The molecule has 0 unspecified atom stereocenters. The van der Waals surface area contributed by atoms with Crippen molar-refractivity contribution in [2.24, 2.45) is 0 Å². The number of nitrogens with one attached hydrogen (secondary N) is 2. The fraction of sp³-hybridized carbons (Fsp3) is 0.296. The molecule has 0 aliphatic carbocycles. The summed E-state index contributed by atoms with van der Waals surface area (Å²) in [4.78, 5) is 41.5. The van der Waals surface area contributed by atoms with Crippen molar-refractivity contribution in [2.45, 2.75) is 12.7 Å². The van der Waals surface area contributed by atoms with Gasteiger partial charge in [0, 0.05) is 44.1 Å². The third-order valence-electron chi connectivity index (χ3n) is 6.86. The number of amides is 3. The number of hydroxylamine groups is 2. The van der Waals surface area contributed by atoms with Crippen LogP contribution in [-0.4, -0.2) is 81.9 Å². The molecule has 16 heteroatoms. The molecule has 1 fully saturated rings. The Morgan fingerprint density at radius 1 is 1.12 bits per heavy atom. The number of carbonyl (C=O) groups is 2. The van der Waals surface area contributed by atoms with Crippen LogP contribution in [0.5, 0.6) is 0 Å². The van der Waals surface area contributed by atoms with Gasteiger partial charge in [0.25, 0.3) is 5.91 Å². The fourth-order valence-electron chi connectivity index (χ4n) is 4.72. The number of fused-ring (bicyclic) bond motifs is 1.